The molecule has 1 aromatic carbocycles. The average molecular weight is 388 g/mol. The molecule has 0 saturated carbocycles. The minimum absolute atomic E-state index is 0.00122. The maximum atomic E-state index is 12.4. The number of carbonyl (C=O) groups excluding carboxylic acids is 2. The van der Waals surface area contributed by atoms with E-state index in [9.17, 15) is 9.59 Å². The van der Waals surface area contributed by atoms with Gasteiger partial charge in [-0.3, -0.25) is 0 Å². The minimum Gasteiger partial charge on any atom is -0.463 e. The highest BCUT2D eigenvalue weighted by Crippen LogP contribution is 2.40. The molecule has 0 unspecified atom stereocenters. The SMILES string of the molecule is CCOC(=O)/C=C/CCC1(c2ccccc2)CCN(C(=O)OC(C)(C)C)CC1. The summed E-state index contributed by atoms with van der Waals surface area (Å²) in [5.41, 5.74) is 0.810. The van der Waals surface area contributed by atoms with Crippen LogP contribution in [0.15, 0.2) is 42.5 Å². The zero-order chi connectivity index (χ0) is 20.6. The van der Waals surface area contributed by atoms with E-state index in [0.717, 1.165) is 25.7 Å². The number of ether oxygens (including phenoxy) is 2. The summed E-state index contributed by atoms with van der Waals surface area (Å²) in [5.74, 6) is -0.295. The van der Waals surface area contributed by atoms with E-state index < -0.39 is 5.60 Å². The molecule has 1 saturated heterocycles. The highest BCUT2D eigenvalue weighted by atomic mass is 16.6. The van der Waals surface area contributed by atoms with E-state index >= 15 is 0 Å². The predicted molar refractivity (Wildman–Crippen MR) is 110 cm³/mol. The molecule has 0 spiro atoms. The summed E-state index contributed by atoms with van der Waals surface area (Å²) in [5, 5.41) is 0. The molecular formula is C23H33NO4. The van der Waals surface area contributed by atoms with E-state index in [-0.39, 0.29) is 17.5 Å². The molecule has 0 radical (unpaired) electrons. The molecule has 1 aromatic rings. The van der Waals surface area contributed by atoms with Crippen molar-refractivity contribution in [2.45, 2.75) is 64.4 Å². The zero-order valence-corrected chi connectivity index (χ0v) is 17.6. The van der Waals surface area contributed by atoms with Crippen molar-refractivity contribution in [3.63, 3.8) is 0 Å². The summed E-state index contributed by atoms with van der Waals surface area (Å²) in [6.07, 6.45) is 6.64. The first kappa shape index (κ1) is 22.0. The lowest BCUT2D eigenvalue weighted by molar-refractivity contribution is -0.137. The van der Waals surface area contributed by atoms with Crippen molar-refractivity contribution in [2.75, 3.05) is 19.7 Å². The number of hydrogen-bond donors (Lipinski definition) is 0. The van der Waals surface area contributed by atoms with Gasteiger partial charge in [-0.05, 0) is 64.4 Å². The van der Waals surface area contributed by atoms with E-state index in [0.29, 0.717) is 19.7 Å². The molecule has 5 nitrogen and oxygen atoms in total. The fourth-order valence-electron chi connectivity index (χ4n) is 3.65. The molecule has 2 rings (SSSR count). The van der Waals surface area contributed by atoms with E-state index in [1.165, 1.54) is 11.6 Å². The van der Waals surface area contributed by atoms with Crippen LogP contribution in [0.2, 0.25) is 0 Å². The van der Waals surface area contributed by atoms with E-state index in [1.54, 1.807) is 11.8 Å². The molecule has 1 aliphatic rings. The molecule has 0 aromatic heterocycles. The summed E-state index contributed by atoms with van der Waals surface area (Å²) in [6, 6.07) is 10.5. The number of benzene rings is 1. The number of likely N-dealkylation sites (tertiary alicyclic amines) is 1. The van der Waals surface area contributed by atoms with Crippen LogP contribution in [0, 0.1) is 0 Å². The van der Waals surface area contributed by atoms with Crippen LogP contribution in [-0.2, 0) is 19.7 Å². The van der Waals surface area contributed by atoms with Crippen LogP contribution in [0.1, 0.15) is 58.9 Å². The van der Waals surface area contributed by atoms with Crippen molar-refractivity contribution in [1.29, 1.82) is 0 Å². The Morgan fingerprint density at radius 3 is 2.36 bits per heavy atom. The average Bonchev–Trinajstić information content (AvgIpc) is 2.65. The van der Waals surface area contributed by atoms with E-state index in [1.807, 2.05) is 32.9 Å². The van der Waals surface area contributed by atoms with Crippen LogP contribution in [0.4, 0.5) is 4.79 Å². The Hall–Kier alpha value is -2.30. The maximum absolute atomic E-state index is 12.4. The van der Waals surface area contributed by atoms with Gasteiger partial charge in [0.15, 0.2) is 0 Å². The van der Waals surface area contributed by atoms with Gasteiger partial charge in [0.25, 0.3) is 0 Å². The lowest BCUT2D eigenvalue weighted by Gasteiger charge is -2.42. The Kier molecular flexibility index (Phi) is 7.67. The van der Waals surface area contributed by atoms with Crippen molar-refractivity contribution in [3.05, 3.63) is 48.0 Å². The second kappa shape index (κ2) is 9.76. The van der Waals surface area contributed by atoms with Crippen LogP contribution < -0.4 is 0 Å². The van der Waals surface area contributed by atoms with Crippen molar-refractivity contribution in [3.8, 4) is 0 Å². The number of hydrogen-bond acceptors (Lipinski definition) is 4. The molecule has 154 valence electrons. The van der Waals surface area contributed by atoms with Gasteiger partial charge in [-0.2, -0.15) is 0 Å². The van der Waals surface area contributed by atoms with E-state index in [4.69, 9.17) is 9.47 Å². The fraction of sp³-hybridized carbons (Fsp3) is 0.565. The number of esters is 1. The second-order valence-electron chi connectivity index (χ2n) is 8.31. The molecule has 0 N–H and O–H groups in total. The Labute approximate surface area is 168 Å². The lowest BCUT2D eigenvalue weighted by Crippen LogP contribution is -2.46. The lowest BCUT2D eigenvalue weighted by atomic mass is 9.70. The molecule has 1 amide bonds. The number of piperidine rings is 1. The van der Waals surface area contributed by atoms with Gasteiger partial charge < -0.3 is 14.4 Å². The number of nitrogens with zero attached hydrogens (tertiary/aromatic N) is 1. The number of allylic oxidation sites excluding steroid dienone is 1. The first-order valence-corrected chi connectivity index (χ1v) is 10.1. The number of rotatable bonds is 6. The quantitative estimate of drug-likeness (QED) is 0.517. The van der Waals surface area contributed by atoms with Gasteiger partial charge in [0.1, 0.15) is 5.60 Å². The molecule has 0 bridgehead atoms. The third-order valence-corrected chi connectivity index (χ3v) is 5.09. The van der Waals surface area contributed by atoms with Crippen molar-refractivity contribution < 1.29 is 19.1 Å². The smallest absolute Gasteiger partial charge is 0.410 e. The van der Waals surface area contributed by atoms with Gasteiger partial charge in [-0.15, -0.1) is 0 Å². The van der Waals surface area contributed by atoms with Gasteiger partial charge in [0, 0.05) is 19.2 Å². The predicted octanol–water partition coefficient (Wildman–Crippen LogP) is 4.85. The van der Waals surface area contributed by atoms with Crippen LogP contribution in [0.3, 0.4) is 0 Å². The number of amides is 1. The molecular weight excluding hydrogens is 354 g/mol. The highest BCUT2D eigenvalue weighted by molar-refractivity contribution is 5.81. The Balaban J connectivity index is 2.04. The molecule has 1 fully saturated rings. The fourth-order valence-corrected chi connectivity index (χ4v) is 3.65. The zero-order valence-electron chi connectivity index (χ0n) is 17.6. The summed E-state index contributed by atoms with van der Waals surface area (Å²) < 4.78 is 10.5. The van der Waals surface area contributed by atoms with Gasteiger partial charge in [-0.25, -0.2) is 9.59 Å². The second-order valence-corrected chi connectivity index (χ2v) is 8.31. The molecule has 1 heterocycles. The number of carbonyl (C=O) groups is 2. The normalized spacial score (nSPS) is 16.8. The third kappa shape index (κ3) is 6.39. The van der Waals surface area contributed by atoms with Crippen LogP contribution in [0.25, 0.3) is 0 Å². The standard InChI is InChI=1S/C23H33NO4/c1-5-27-20(25)13-9-10-14-23(19-11-7-6-8-12-19)15-17-24(18-16-23)21(26)28-22(2,3)4/h6-9,11-13H,5,10,14-18H2,1-4H3/b13-9+. The third-order valence-electron chi connectivity index (χ3n) is 5.09. The van der Waals surface area contributed by atoms with Crippen molar-refractivity contribution >= 4 is 12.1 Å². The summed E-state index contributed by atoms with van der Waals surface area (Å²) >= 11 is 0. The van der Waals surface area contributed by atoms with Crippen molar-refractivity contribution in [1.82, 2.24) is 4.90 Å². The van der Waals surface area contributed by atoms with Crippen LogP contribution in [-0.4, -0.2) is 42.3 Å². The largest absolute Gasteiger partial charge is 0.463 e. The summed E-state index contributed by atoms with van der Waals surface area (Å²) in [4.78, 5) is 25.7. The summed E-state index contributed by atoms with van der Waals surface area (Å²) in [6.45, 7) is 9.19. The first-order valence-electron chi connectivity index (χ1n) is 10.1. The molecule has 1 aliphatic heterocycles. The van der Waals surface area contributed by atoms with Crippen LogP contribution >= 0.6 is 0 Å². The molecule has 0 atom stereocenters. The van der Waals surface area contributed by atoms with E-state index in [2.05, 4.69) is 24.3 Å². The van der Waals surface area contributed by atoms with Gasteiger partial charge in [0.2, 0.25) is 0 Å². The van der Waals surface area contributed by atoms with Crippen molar-refractivity contribution in [2.24, 2.45) is 0 Å². The topological polar surface area (TPSA) is 55.8 Å². The van der Waals surface area contributed by atoms with Gasteiger partial charge in [0.05, 0.1) is 6.61 Å². The first-order chi connectivity index (χ1) is 13.3. The molecule has 0 aliphatic carbocycles. The maximum Gasteiger partial charge on any atom is 0.410 e. The van der Waals surface area contributed by atoms with Crippen LogP contribution in [0.5, 0.6) is 0 Å². The van der Waals surface area contributed by atoms with Gasteiger partial charge in [-0.1, -0.05) is 36.4 Å². The summed E-state index contributed by atoms with van der Waals surface area (Å²) in [7, 11) is 0. The van der Waals surface area contributed by atoms with Gasteiger partial charge >= 0.3 is 12.1 Å². The highest BCUT2D eigenvalue weighted by Gasteiger charge is 2.37. The minimum atomic E-state index is -0.483. The Morgan fingerprint density at radius 2 is 1.79 bits per heavy atom. The monoisotopic (exact) mass is 387 g/mol. The molecule has 5 heteroatoms. The Bertz CT molecular complexity index is 668. The molecule has 28 heavy (non-hydrogen) atoms. The Morgan fingerprint density at radius 1 is 1.14 bits per heavy atom.